The van der Waals surface area contributed by atoms with Gasteiger partial charge < -0.3 is 15.5 Å². The molecule has 200 valence electrons. The molecular formula is C28H40F3N3O2. The molecule has 4 unspecified atom stereocenters. The highest BCUT2D eigenvalue weighted by Gasteiger charge is 2.53. The fourth-order valence-electron chi connectivity index (χ4n) is 7.46. The van der Waals surface area contributed by atoms with E-state index in [0.29, 0.717) is 32.2 Å². The number of likely N-dealkylation sites (tertiary alicyclic amines) is 2. The van der Waals surface area contributed by atoms with Gasteiger partial charge >= 0.3 is 0 Å². The van der Waals surface area contributed by atoms with Gasteiger partial charge in [0.1, 0.15) is 0 Å². The van der Waals surface area contributed by atoms with E-state index in [9.17, 15) is 22.8 Å². The van der Waals surface area contributed by atoms with Crippen LogP contribution in [0.15, 0.2) is 24.1 Å². The van der Waals surface area contributed by atoms with Crippen LogP contribution in [0.2, 0.25) is 0 Å². The number of allylic oxidation sites excluding steroid dienone is 3. The average molecular weight is 508 g/mol. The first-order valence-corrected chi connectivity index (χ1v) is 13.9. The number of nitrogens with two attached hydrogens (primary N) is 1. The molecule has 0 aromatic heterocycles. The van der Waals surface area contributed by atoms with E-state index in [4.69, 9.17) is 5.73 Å². The van der Waals surface area contributed by atoms with E-state index in [2.05, 4.69) is 17.1 Å². The Hall–Kier alpha value is -1.67. The van der Waals surface area contributed by atoms with Crippen LogP contribution in [0, 0.1) is 17.8 Å². The first kappa shape index (κ1) is 26.0. The molecule has 2 N–H and O–H groups in total. The molecule has 0 radical (unpaired) electrons. The van der Waals surface area contributed by atoms with Crippen LogP contribution in [-0.4, -0.2) is 64.7 Å². The van der Waals surface area contributed by atoms with Gasteiger partial charge in [0.15, 0.2) is 5.78 Å². The molecule has 5 rings (SSSR count). The second-order valence-corrected chi connectivity index (χ2v) is 11.9. The van der Waals surface area contributed by atoms with Crippen molar-refractivity contribution < 1.29 is 22.8 Å². The van der Waals surface area contributed by atoms with Crippen LogP contribution in [0.1, 0.15) is 77.0 Å². The normalized spacial score (nSPS) is 37.7. The maximum absolute atomic E-state index is 14.7. The summed E-state index contributed by atoms with van der Waals surface area (Å²) in [5.41, 5.74) is 5.65. The molecule has 2 heterocycles. The highest BCUT2D eigenvalue weighted by Crippen LogP contribution is 2.45. The van der Waals surface area contributed by atoms with E-state index in [1.54, 1.807) is 6.08 Å². The van der Waals surface area contributed by atoms with Gasteiger partial charge in [-0.15, -0.1) is 0 Å². The summed E-state index contributed by atoms with van der Waals surface area (Å²) in [5, 5.41) is 0. The number of alkyl halides is 2. The number of carbonyl (C=O) groups excluding carboxylic acids is 2. The Morgan fingerprint density at radius 3 is 2.39 bits per heavy atom. The first-order chi connectivity index (χ1) is 17.2. The number of amides is 1. The van der Waals surface area contributed by atoms with Crippen molar-refractivity contribution in [1.82, 2.24) is 9.80 Å². The number of Topliss-reactive ketones (excluding diaryl/α,β-unsaturated/α-hetero) is 1. The third-order valence-electron chi connectivity index (χ3n) is 9.57. The van der Waals surface area contributed by atoms with Gasteiger partial charge in [-0.05, 0) is 63.9 Å². The monoisotopic (exact) mass is 507 g/mol. The quantitative estimate of drug-likeness (QED) is 0.557. The van der Waals surface area contributed by atoms with E-state index in [1.807, 2.05) is 4.90 Å². The number of carbonyl (C=O) groups is 2. The largest absolute Gasteiger partial charge is 0.339 e. The molecule has 1 amide bonds. The molecular weight excluding hydrogens is 467 g/mol. The lowest BCUT2D eigenvalue weighted by Gasteiger charge is -2.42. The van der Waals surface area contributed by atoms with Crippen molar-refractivity contribution in [2.24, 2.45) is 23.5 Å². The predicted octanol–water partition coefficient (Wildman–Crippen LogP) is 4.76. The molecule has 8 heteroatoms. The highest BCUT2D eigenvalue weighted by molar-refractivity contribution is 5.96. The Labute approximate surface area is 212 Å². The van der Waals surface area contributed by atoms with Crippen LogP contribution in [-0.2, 0) is 9.59 Å². The van der Waals surface area contributed by atoms with Crippen LogP contribution in [0.3, 0.4) is 0 Å². The van der Waals surface area contributed by atoms with E-state index in [1.165, 1.54) is 0 Å². The number of piperidine rings is 1. The van der Waals surface area contributed by atoms with Crippen molar-refractivity contribution in [3.63, 3.8) is 0 Å². The van der Waals surface area contributed by atoms with Gasteiger partial charge in [0, 0.05) is 62.8 Å². The summed E-state index contributed by atoms with van der Waals surface area (Å²) in [7, 11) is 0. The van der Waals surface area contributed by atoms with Crippen molar-refractivity contribution in [1.29, 1.82) is 0 Å². The molecule has 4 atom stereocenters. The summed E-state index contributed by atoms with van der Waals surface area (Å²) < 4.78 is 41.9. The Morgan fingerprint density at radius 1 is 0.972 bits per heavy atom. The highest BCUT2D eigenvalue weighted by atomic mass is 19.3. The molecule has 0 aromatic carbocycles. The van der Waals surface area contributed by atoms with Crippen LogP contribution < -0.4 is 5.73 Å². The molecule has 5 nitrogen and oxygen atoms in total. The third kappa shape index (κ3) is 5.17. The minimum atomic E-state index is -2.53. The lowest BCUT2D eigenvalue weighted by atomic mass is 9.68. The van der Waals surface area contributed by atoms with E-state index in [-0.39, 0.29) is 54.8 Å². The van der Waals surface area contributed by atoms with Gasteiger partial charge in [-0.25, -0.2) is 13.2 Å². The number of hydrogen-bond acceptors (Lipinski definition) is 4. The maximum atomic E-state index is 14.7. The summed E-state index contributed by atoms with van der Waals surface area (Å²) in [5.74, 6) is -4.54. The zero-order valence-corrected chi connectivity index (χ0v) is 21.1. The Kier molecular flexibility index (Phi) is 7.38. The summed E-state index contributed by atoms with van der Waals surface area (Å²) in [4.78, 5) is 31.6. The molecule has 0 spiro atoms. The van der Waals surface area contributed by atoms with Crippen molar-refractivity contribution in [2.45, 2.75) is 101 Å². The SMILES string of the molecule is NC1(C(=O)C2CC(F)=CC3CN(C4CCN(C5CCC(F)(F)CC5)CC4)C(=O)C32)CC/C=C\CCC1. The summed E-state index contributed by atoms with van der Waals surface area (Å²) in [6.07, 6.45) is 11.8. The molecule has 3 fully saturated rings. The number of rotatable bonds is 4. The molecule has 5 aliphatic rings. The minimum absolute atomic E-state index is 0.0286. The van der Waals surface area contributed by atoms with Crippen LogP contribution in [0.4, 0.5) is 13.2 Å². The van der Waals surface area contributed by atoms with Crippen LogP contribution in [0.5, 0.6) is 0 Å². The third-order valence-corrected chi connectivity index (χ3v) is 9.57. The Morgan fingerprint density at radius 2 is 1.67 bits per heavy atom. The molecule has 2 aliphatic heterocycles. The topological polar surface area (TPSA) is 66.6 Å². The van der Waals surface area contributed by atoms with E-state index in [0.717, 1.165) is 45.2 Å². The fourth-order valence-corrected chi connectivity index (χ4v) is 7.46. The van der Waals surface area contributed by atoms with Crippen molar-refractivity contribution in [2.75, 3.05) is 19.6 Å². The predicted molar refractivity (Wildman–Crippen MR) is 132 cm³/mol. The Balaban J connectivity index is 1.24. The lowest BCUT2D eigenvalue weighted by Crippen LogP contribution is -2.54. The zero-order valence-electron chi connectivity index (χ0n) is 21.1. The zero-order chi connectivity index (χ0) is 25.5. The first-order valence-electron chi connectivity index (χ1n) is 13.9. The van der Waals surface area contributed by atoms with Crippen molar-refractivity contribution >= 4 is 11.7 Å². The second-order valence-electron chi connectivity index (χ2n) is 11.9. The second kappa shape index (κ2) is 10.2. The Bertz CT molecular complexity index is 904. The average Bonchev–Trinajstić information content (AvgIpc) is 3.16. The van der Waals surface area contributed by atoms with Crippen molar-refractivity contribution in [3.05, 3.63) is 24.1 Å². The number of nitrogens with zero attached hydrogens (tertiary/aromatic N) is 2. The molecule has 0 aromatic rings. The van der Waals surface area contributed by atoms with E-state index < -0.39 is 23.3 Å². The van der Waals surface area contributed by atoms with E-state index >= 15 is 0 Å². The van der Waals surface area contributed by atoms with Gasteiger partial charge in [0.25, 0.3) is 0 Å². The summed E-state index contributed by atoms with van der Waals surface area (Å²) >= 11 is 0. The lowest BCUT2D eigenvalue weighted by molar-refractivity contribution is -0.141. The standard InChI is InChI=1S/C28H40F3N3O2/c29-20-16-19-18-34(22-8-14-33(15-9-22)21-6-12-28(30,31)13-7-21)26(36)24(19)23(17-20)25(35)27(32)10-4-2-1-3-5-11-27/h1-2,16,19,21-24H,3-15,17-18,32H2/b2-1-. The van der Waals surface area contributed by atoms with Gasteiger partial charge in [-0.2, -0.15) is 0 Å². The van der Waals surface area contributed by atoms with Crippen LogP contribution in [0.25, 0.3) is 0 Å². The molecule has 3 aliphatic carbocycles. The molecule has 2 saturated heterocycles. The number of ketones is 1. The molecule has 0 bridgehead atoms. The number of fused-ring (bicyclic) bond motifs is 1. The van der Waals surface area contributed by atoms with Gasteiger partial charge in [-0.1, -0.05) is 12.2 Å². The number of hydrogen-bond donors (Lipinski definition) is 1. The summed E-state index contributed by atoms with van der Waals surface area (Å²) in [6.45, 7) is 2.01. The van der Waals surface area contributed by atoms with Gasteiger partial charge in [-0.3, -0.25) is 9.59 Å². The smallest absolute Gasteiger partial charge is 0.248 e. The van der Waals surface area contributed by atoms with Gasteiger partial charge in [0.05, 0.1) is 17.3 Å². The fraction of sp³-hybridized carbons (Fsp3) is 0.786. The minimum Gasteiger partial charge on any atom is -0.339 e. The molecule has 36 heavy (non-hydrogen) atoms. The maximum Gasteiger partial charge on any atom is 0.248 e. The molecule has 1 saturated carbocycles. The summed E-state index contributed by atoms with van der Waals surface area (Å²) in [6, 6.07) is 0.246. The van der Waals surface area contributed by atoms with Gasteiger partial charge in [0.2, 0.25) is 11.8 Å². The number of halogens is 3. The van der Waals surface area contributed by atoms with Crippen LogP contribution >= 0.6 is 0 Å². The van der Waals surface area contributed by atoms with Crippen molar-refractivity contribution in [3.8, 4) is 0 Å².